The molecule has 3 aliphatic heterocycles. The molecular weight excluding hydrogens is 1020 g/mol. The van der Waals surface area contributed by atoms with Gasteiger partial charge in [0.1, 0.15) is 42.3 Å². The number of aliphatic imine (C=N–C) groups is 1. The highest BCUT2D eigenvalue weighted by molar-refractivity contribution is 8.77. The maximum Gasteiger partial charge on any atom is 0.246 e. The molecule has 0 unspecified atom stereocenters. The number of rotatable bonds is 16. The smallest absolute Gasteiger partial charge is 0.246 e. The van der Waals surface area contributed by atoms with Crippen molar-refractivity contribution in [3.05, 3.63) is 71.8 Å². The lowest BCUT2D eigenvalue weighted by atomic mass is 9.85. The Morgan fingerprint density at radius 3 is 2.00 bits per heavy atom. The summed E-state index contributed by atoms with van der Waals surface area (Å²) in [6, 6.07) is 9.51. The van der Waals surface area contributed by atoms with Gasteiger partial charge in [-0.2, -0.15) is 0 Å². The van der Waals surface area contributed by atoms with Crippen LogP contribution in [0.3, 0.4) is 0 Å². The third-order valence-corrected chi connectivity index (χ3v) is 17.2. The molecule has 3 heterocycles. The van der Waals surface area contributed by atoms with Crippen LogP contribution in [0.1, 0.15) is 94.6 Å². The van der Waals surface area contributed by atoms with Gasteiger partial charge in [-0.1, -0.05) is 102 Å². The number of nitrogens with one attached hydrogen (secondary N) is 6. The van der Waals surface area contributed by atoms with Crippen LogP contribution in [0, 0.1) is 0 Å². The topological polar surface area (TPSA) is 366 Å². The highest BCUT2D eigenvalue weighted by Gasteiger charge is 2.44. The Morgan fingerprint density at radius 1 is 0.724 bits per heavy atom. The first kappa shape index (κ1) is 58.4. The van der Waals surface area contributed by atoms with Crippen molar-refractivity contribution in [3.8, 4) is 0 Å². The normalized spacial score (nSPS) is 24.1. The van der Waals surface area contributed by atoms with Gasteiger partial charge in [0.05, 0.1) is 13.0 Å². The molecule has 7 atom stereocenters. The number of nitrogens with two attached hydrogens (primary N) is 4. The van der Waals surface area contributed by atoms with Crippen LogP contribution in [0.25, 0.3) is 0 Å². The van der Waals surface area contributed by atoms with Gasteiger partial charge in [-0.15, -0.1) is 0 Å². The minimum Gasteiger partial charge on any atom is -0.370 e. The first-order valence-electron chi connectivity index (χ1n) is 25.8. The van der Waals surface area contributed by atoms with Crippen LogP contribution < -0.4 is 54.8 Å². The fourth-order valence-electron chi connectivity index (χ4n) is 10.1. The first-order valence-corrected chi connectivity index (χ1v) is 28.1. The number of amides is 10. The van der Waals surface area contributed by atoms with Gasteiger partial charge in [0.25, 0.3) is 0 Å². The van der Waals surface area contributed by atoms with Crippen molar-refractivity contribution in [3.63, 3.8) is 0 Å². The van der Waals surface area contributed by atoms with Gasteiger partial charge in [0, 0.05) is 49.4 Å². The lowest BCUT2D eigenvalue weighted by Crippen LogP contribution is -2.61. The maximum absolute atomic E-state index is 14.9. The molecule has 4 aliphatic rings. The van der Waals surface area contributed by atoms with E-state index in [0.29, 0.717) is 25.7 Å². The summed E-state index contributed by atoms with van der Waals surface area (Å²) in [6.45, 7) is -0.149. The number of likely N-dealkylation sites (tertiary alicyclic amines) is 1. The number of benzene rings is 2. The zero-order valence-electron chi connectivity index (χ0n) is 42.5. The van der Waals surface area contributed by atoms with Crippen LogP contribution in [0.15, 0.2) is 65.7 Å². The third-order valence-electron chi connectivity index (χ3n) is 13.9. The number of hydrogen-bond donors (Lipinski definition) is 10. The van der Waals surface area contributed by atoms with Crippen molar-refractivity contribution in [2.24, 2.45) is 27.9 Å². The van der Waals surface area contributed by atoms with E-state index < -0.39 is 119 Å². The second-order valence-electron chi connectivity index (χ2n) is 19.7. The van der Waals surface area contributed by atoms with Crippen LogP contribution in [-0.2, 0) is 60.8 Å². The molecule has 0 radical (unpaired) electrons. The van der Waals surface area contributed by atoms with Crippen LogP contribution in [0.4, 0.5) is 0 Å². The number of carbonyl (C=O) groups excluding carboxylic acids is 10. The standard InChI is InChI=1S/C51H71N13O10S2/c52-40(65)27-35-45(70)62-37(49(74)64-24-12-18-38(64)46(71)59-33(17-10-22-56-50(54)55)43(68)57-29-41(53)66)30-75-76-51(20-8-3-9-21-51)28-42(67)58-34(25-31-13-4-1-5-14-31)44(69)61-36(26-32-15-6-2-7-16-32)48(73)63-23-11-19-39(63)47(72)60-35/h1-2,4-7,13-16,33-39H,3,8-12,17-30H2,(H2,52,65)(H2,53,66)(H,57,68)(H,58,67)(H,59,71)(H,60,72)(H,61,69)(H,62,70)(H4,54,55,56)/t33-,34+,35-,36-,37-,38-,39-/m0/s1. The molecule has 6 rings (SSSR count). The highest BCUT2D eigenvalue weighted by Crippen LogP contribution is 2.48. The quantitative estimate of drug-likeness (QED) is 0.0413. The summed E-state index contributed by atoms with van der Waals surface area (Å²) in [7, 11) is 2.63. The average molecular weight is 1090 g/mol. The Kier molecular flexibility index (Phi) is 21.7. The minimum atomic E-state index is -1.61. The molecule has 14 N–H and O–H groups in total. The van der Waals surface area contributed by atoms with E-state index in [1.807, 2.05) is 48.5 Å². The zero-order chi connectivity index (χ0) is 54.8. The molecular formula is C51H71N13O10S2. The predicted octanol–water partition coefficient (Wildman–Crippen LogP) is -1.10. The summed E-state index contributed by atoms with van der Waals surface area (Å²) < 4.78 is -0.681. The molecule has 1 spiro atoms. The van der Waals surface area contributed by atoms with Gasteiger partial charge < -0.3 is 64.6 Å². The Hall–Kier alpha value is -6.89. The van der Waals surface area contributed by atoms with E-state index in [4.69, 9.17) is 22.9 Å². The van der Waals surface area contributed by atoms with Crippen molar-refractivity contribution in [2.75, 3.05) is 31.9 Å². The summed E-state index contributed by atoms with van der Waals surface area (Å²) in [5, 5.41) is 16.4. The van der Waals surface area contributed by atoms with Gasteiger partial charge in [-0.05, 0) is 62.5 Å². The van der Waals surface area contributed by atoms with Crippen molar-refractivity contribution < 1.29 is 47.9 Å². The lowest BCUT2D eigenvalue weighted by molar-refractivity contribution is -0.143. The minimum absolute atomic E-state index is 0.00271. The first-order chi connectivity index (χ1) is 36.4. The fourth-order valence-corrected chi connectivity index (χ4v) is 13.5. The third kappa shape index (κ3) is 17.1. The van der Waals surface area contributed by atoms with Gasteiger partial charge >= 0.3 is 0 Å². The van der Waals surface area contributed by atoms with Crippen LogP contribution in [-0.4, -0.2) is 154 Å². The average Bonchev–Trinajstić information content (AvgIpc) is 4.10. The fraction of sp³-hybridized carbons (Fsp3) is 0.549. The second kappa shape index (κ2) is 28.3. The van der Waals surface area contributed by atoms with E-state index in [2.05, 4.69) is 36.9 Å². The molecule has 3 saturated heterocycles. The summed E-state index contributed by atoms with van der Waals surface area (Å²) in [5.41, 5.74) is 23.3. The summed E-state index contributed by atoms with van der Waals surface area (Å²) in [5.74, 6) is -7.35. The number of hydrogen-bond acceptors (Lipinski definition) is 13. The Morgan fingerprint density at radius 2 is 1.36 bits per heavy atom. The van der Waals surface area contributed by atoms with Crippen LogP contribution in [0.2, 0.25) is 0 Å². The van der Waals surface area contributed by atoms with E-state index in [-0.39, 0.29) is 76.3 Å². The summed E-state index contributed by atoms with van der Waals surface area (Å²) in [4.78, 5) is 146. The highest BCUT2D eigenvalue weighted by atomic mass is 33.1. The molecule has 0 bridgehead atoms. The van der Waals surface area contributed by atoms with Crippen molar-refractivity contribution in [2.45, 2.75) is 143 Å². The van der Waals surface area contributed by atoms with E-state index in [0.717, 1.165) is 30.4 Å². The molecule has 1 aliphatic carbocycles. The largest absolute Gasteiger partial charge is 0.370 e. The number of nitrogens with zero attached hydrogens (tertiary/aromatic N) is 3. The van der Waals surface area contributed by atoms with Crippen molar-refractivity contribution in [1.82, 2.24) is 41.7 Å². The van der Waals surface area contributed by atoms with E-state index in [1.165, 1.54) is 31.4 Å². The second-order valence-corrected chi connectivity index (χ2v) is 22.5. The Labute approximate surface area is 449 Å². The van der Waals surface area contributed by atoms with E-state index in [1.54, 1.807) is 12.1 Å². The lowest BCUT2D eigenvalue weighted by Gasteiger charge is -2.37. The van der Waals surface area contributed by atoms with Gasteiger partial charge in [-0.25, -0.2) is 0 Å². The molecule has 76 heavy (non-hydrogen) atoms. The van der Waals surface area contributed by atoms with Crippen molar-refractivity contribution >= 4 is 86.6 Å². The molecule has 23 nitrogen and oxygen atoms in total. The molecule has 412 valence electrons. The Balaban J connectivity index is 1.33. The van der Waals surface area contributed by atoms with E-state index in [9.17, 15) is 47.9 Å². The summed E-state index contributed by atoms with van der Waals surface area (Å²) >= 11 is 0. The zero-order valence-corrected chi connectivity index (χ0v) is 44.1. The summed E-state index contributed by atoms with van der Waals surface area (Å²) in [6.07, 6.45) is 4.67. The number of carbonyl (C=O) groups is 10. The van der Waals surface area contributed by atoms with Crippen molar-refractivity contribution in [1.29, 1.82) is 0 Å². The SMILES string of the molecule is NC(=O)CNC(=O)[C@H](CCCN=C(N)N)NC(=O)[C@@H]1CCCN1C(=O)[C@@H]1CSSC2(CCCCC2)CC(=O)N[C@H](Cc2ccccc2)C(=O)N[C@@H](Cc2ccccc2)C(=O)N2CCC[C@H]2C(=O)N[C@@H](CC(N)=O)C(=O)N1. The molecule has 2 aromatic rings. The monoisotopic (exact) mass is 1090 g/mol. The molecule has 0 aromatic heterocycles. The van der Waals surface area contributed by atoms with Crippen LogP contribution in [0.5, 0.6) is 0 Å². The molecule has 25 heteroatoms. The molecule has 10 amide bonds. The number of primary amides is 2. The predicted molar refractivity (Wildman–Crippen MR) is 286 cm³/mol. The van der Waals surface area contributed by atoms with E-state index >= 15 is 0 Å². The van der Waals surface area contributed by atoms with Gasteiger partial charge in [0.2, 0.25) is 59.1 Å². The van der Waals surface area contributed by atoms with Gasteiger partial charge in [0.15, 0.2) is 5.96 Å². The molecule has 4 fully saturated rings. The molecule has 2 aromatic carbocycles. The maximum atomic E-state index is 14.9. The Bertz CT molecular complexity index is 2440. The molecule has 1 saturated carbocycles. The van der Waals surface area contributed by atoms with Crippen LogP contribution >= 0.6 is 21.6 Å². The number of guanidine groups is 1. The van der Waals surface area contributed by atoms with Gasteiger partial charge in [-0.3, -0.25) is 52.9 Å². The number of fused-ring (bicyclic) bond motifs is 1.